The van der Waals surface area contributed by atoms with Crippen molar-refractivity contribution in [3.63, 3.8) is 0 Å². The van der Waals surface area contributed by atoms with Crippen molar-refractivity contribution in [2.24, 2.45) is 5.73 Å². The van der Waals surface area contributed by atoms with Crippen LogP contribution in [0.25, 0.3) is 0 Å². The van der Waals surface area contributed by atoms with Gasteiger partial charge in [0.05, 0.1) is 20.0 Å². The van der Waals surface area contributed by atoms with Crippen LogP contribution in [-0.2, 0) is 24.0 Å². The summed E-state index contributed by atoms with van der Waals surface area (Å²) in [6, 6.07) is 4.47. The van der Waals surface area contributed by atoms with Crippen molar-refractivity contribution in [2.75, 3.05) is 14.2 Å². The Morgan fingerprint density at radius 2 is 2.05 bits per heavy atom. The van der Waals surface area contributed by atoms with Gasteiger partial charge in [0.25, 0.3) is 0 Å². The number of hydrogen-bond donors (Lipinski definition) is 1. The van der Waals surface area contributed by atoms with E-state index in [1.165, 1.54) is 16.7 Å². The molecule has 2 rings (SSSR count). The van der Waals surface area contributed by atoms with Gasteiger partial charge >= 0.3 is 0 Å². The average Bonchev–Trinajstić information content (AvgIpc) is 2.80. The number of rotatable bonds is 6. The van der Waals surface area contributed by atoms with Crippen LogP contribution in [0.5, 0.6) is 5.75 Å². The molecule has 1 aromatic carbocycles. The number of aryl methyl sites for hydroxylation is 1. The summed E-state index contributed by atoms with van der Waals surface area (Å²) in [7, 11) is 3.40. The number of fused-ring (bicyclic) bond motifs is 1. The quantitative estimate of drug-likeness (QED) is 0.801. The van der Waals surface area contributed by atoms with Crippen LogP contribution in [0.2, 0.25) is 0 Å². The van der Waals surface area contributed by atoms with Gasteiger partial charge < -0.3 is 15.2 Å². The van der Waals surface area contributed by atoms with E-state index >= 15 is 0 Å². The van der Waals surface area contributed by atoms with Gasteiger partial charge in [0.1, 0.15) is 5.75 Å². The summed E-state index contributed by atoms with van der Waals surface area (Å²) < 4.78 is 10.5. The molecular formula is C16H23NO2. The molecule has 104 valence electrons. The summed E-state index contributed by atoms with van der Waals surface area (Å²) in [6.07, 6.45) is 4.90. The van der Waals surface area contributed by atoms with E-state index in [0.29, 0.717) is 0 Å². The number of allylic oxidation sites excluding steroid dienone is 1. The van der Waals surface area contributed by atoms with Crippen LogP contribution in [0.1, 0.15) is 29.5 Å². The Kier molecular flexibility index (Phi) is 4.48. The van der Waals surface area contributed by atoms with Crippen LogP contribution in [0.15, 0.2) is 24.5 Å². The summed E-state index contributed by atoms with van der Waals surface area (Å²) in [5, 5.41) is 0. The van der Waals surface area contributed by atoms with Crippen LogP contribution in [-0.4, -0.2) is 20.3 Å². The highest BCUT2D eigenvalue weighted by molar-refractivity contribution is 5.49. The normalized spacial score (nSPS) is 17.1. The first-order valence-corrected chi connectivity index (χ1v) is 6.80. The second kappa shape index (κ2) is 6.11. The Bertz CT molecular complexity index is 468. The van der Waals surface area contributed by atoms with E-state index in [-0.39, 0.29) is 6.04 Å². The summed E-state index contributed by atoms with van der Waals surface area (Å²) in [5.74, 6) is 1.83. The topological polar surface area (TPSA) is 44.5 Å². The zero-order chi connectivity index (χ0) is 13.8. The van der Waals surface area contributed by atoms with Gasteiger partial charge in [-0.15, -0.1) is 0 Å². The molecule has 0 heterocycles. The third-order valence-corrected chi connectivity index (χ3v) is 3.83. The molecular weight excluding hydrogens is 238 g/mol. The lowest BCUT2D eigenvalue weighted by Gasteiger charge is -2.12. The summed E-state index contributed by atoms with van der Waals surface area (Å²) in [6.45, 7) is 3.85. The van der Waals surface area contributed by atoms with Gasteiger partial charge in [-0.2, -0.15) is 0 Å². The number of benzene rings is 1. The van der Waals surface area contributed by atoms with E-state index in [1.54, 1.807) is 14.2 Å². The zero-order valence-corrected chi connectivity index (χ0v) is 11.9. The lowest BCUT2D eigenvalue weighted by Crippen LogP contribution is -2.19. The van der Waals surface area contributed by atoms with E-state index in [4.69, 9.17) is 15.2 Å². The highest BCUT2D eigenvalue weighted by Gasteiger charge is 2.24. The summed E-state index contributed by atoms with van der Waals surface area (Å²) >= 11 is 0. The fraction of sp³-hybridized carbons (Fsp3) is 0.500. The molecule has 19 heavy (non-hydrogen) atoms. The van der Waals surface area contributed by atoms with Gasteiger partial charge in [0.2, 0.25) is 0 Å². The minimum atomic E-state index is 0.235. The number of ether oxygens (including phenoxy) is 2. The van der Waals surface area contributed by atoms with Crippen LogP contribution >= 0.6 is 0 Å². The SMILES string of the molecule is C=C(CCCc1ccc(OC)c2c1CC(N)C2)OC. The molecule has 3 heteroatoms. The Morgan fingerprint density at radius 1 is 1.32 bits per heavy atom. The largest absolute Gasteiger partial charge is 0.502 e. The van der Waals surface area contributed by atoms with Gasteiger partial charge in [0, 0.05) is 12.5 Å². The molecule has 3 nitrogen and oxygen atoms in total. The molecule has 2 N–H and O–H groups in total. The molecule has 0 radical (unpaired) electrons. The summed E-state index contributed by atoms with van der Waals surface area (Å²) in [4.78, 5) is 0. The Balaban J connectivity index is 2.10. The van der Waals surface area contributed by atoms with Crippen molar-refractivity contribution in [3.8, 4) is 5.75 Å². The standard InChI is InChI=1S/C16H23NO2/c1-11(18-2)5-4-6-12-7-8-16(19-3)15-10-13(17)9-14(12)15/h7-8,13H,1,4-6,9-10,17H2,2-3H3. The van der Waals surface area contributed by atoms with Gasteiger partial charge in [-0.05, 0) is 48.4 Å². The van der Waals surface area contributed by atoms with Crippen molar-refractivity contribution in [1.82, 2.24) is 0 Å². The second-order valence-electron chi connectivity index (χ2n) is 5.15. The minimum absolute atomic E-state index is 0.235. The van der Waals surface area contributed by atoms with E-state index < -0.39 is 0 Å². The van der Waals surface area contributed by atoms with Crippen LogP contribution in [0.4, 0.5) is 0 Å². The predicted octanol–water partition coefficient (Wildman–Crippen LogP) is 2.60. The van der Waals surface area contributed by atoms with Crippen molar-refractivity contribution >= 4 is 0 Å². The highest BCUT2D eigenvalue weighted by atomic mass is 16.5. The first-order valence-electron chi connectivity index (χ1n) is 6.80. The third kappa shape index (κ3) is 3.10. The monoisotopic (exact) mass is 261 g/mol. The number of methoxy groups -OCH3 is 2. The Morgan fingerprint density at radius 3 is 2.74 bits per heavy atom. The molecule has 0 saturated carbocycles. The second-order valence-corrected chi connectivity index (χ2v) is 5.15. The van der Waals surface area contributed by atoms with Crippen molar-refractivity contribution in [2.45, 2.75) is 38.1 Å². The lowest BCUT2D eigenvalue weighted by molar-refractivity contribution is 0.277. The maximum absolute atomic E-state index is 6.09. The zero-order valence-electron chi connectivity index (χ0n) is 11.9. The molecule has 1 aliphatic carbocycles. The van der Waals surface area contributed by atoms with Crippen molar-refractivity contribution < 1.29 is 9.47 Å². The first kappa shape index (κ1) is 13.9. The van der Waals surface area contributed by atoms with Gasteiger partial charge in [0.15, 0.2) is 0 Å². The molecule has 1 atom stereocenters. The smallest absolute Gasteiger partial charge is 0.122 e. The highest BCUT2D eigenvalue weighted by Crippen LogP contribution is 2.33. The first-order chi connectivity index (χ1) is 9.15. The average molecular weight is 261 g/mol. The van der Waals surface area contributed by atoms with Crippen molar-refractivity contribution in [3.05, 3.63) is 41.2 Å². The molecule has 1 aliphatic rings. The van der Waals surface area contributed by atoms with Crippen molar-refractivity contribution in [1.29, 1.82) is 0 Å². The molecule has 0 bridgehead atoms. The van der Waals surface area contributed by atoms with Gasteiger partial charge in [-0.25, -0.2) is 0 Å². The fourth-order valence-corrected chi connectivity index (χ4v) is 2.80. The maximum atomic E-state index is 6.09. The molecule has 1 unspecified atom stereocenters. The molecule has 0 aliphatic heterocycles. The number of nitrogens with two attached hydrogens (primary N) is 1. The minimum Gasteiger partial charge on any atom is -0.502 e. The van der Waals surface area contributed by atoms with E-state index in [0.717, 1.165) is 43.6 Å². The Labute approximate surface area is 115 Å². The predicted molar refractivity (Wildman–Crippen MR) is 77.5 cm³/mol. The van der Waals surface area contributed by atoms with E-state index in [9.17, 15) is 0 Å². The van der Waals surface area contributed by atoms with Crippen LogP contribution in [0, 0.1) is 0 Å². The van der Waals surface area contributed by atoms with Crippen LogP contribution in [0.3, 0.4) is 0 Å². The molecule has 1 aromatic rings. The van der Waals surface area contributed by atoms with E-state index in [2.05, 4.69) is 18.7 Å². The Hall–Kier alpha value is -1.48. The van der Waals surface area contributed by atoms with Crippen LogP contribution < -0.4 is 10.5 Å². The van der Waals surface area contributed by atoms with E-state index in [1.807, 2.05) is 0 Å². The number of hydrogen-bond acceptors (Lipinski definition) is 3. The molecule has 0 aromatic heterocycles. The molecule has 0 fully saturated rings. The lowest BCUT2D eigenvalue weighted by atomic mass is 9.98. The maximum Gasteiger partial charge on any atom is 0.122 e. The molecule has 0 spiro atoms. The fourth-order valence-electron chi connectivity index (χ4n) is 2.80. The summed E-state index contributed by atoms with van der Waals surface area (Å²) in [5.41, 5.74) is 10.2. The molecule has 0 amide bonds. The third-order valence-electron chi connectivity index (χ3n) is 3.83. The van der Waals surface area contributed by atoms with Gasteiger partial charge in [-0.1, -0.05) is 12.6 Å². The van der Waals surface area contributed by atoms with Gasteiger partial charge in [-0.3, -0.25) is 0 Å². The molecule has 0 saturated heterocycles.